The van der Waals surface area contributed by atoms with Crippen molar-refractivity contribution in [1.29, 1.82) is 0 Å². The standard InChI is InChI=1S/C19H23N7O/c1-13-8-21-15(9-20-13)11-24-6-7-25-17(12-24)23-26-16(19(25)27)10-22-18(26)14-4-2-3-5-14/h8-10,14H,2-7,11-12H2,1H3. The first kappa shape index (κ1) is 16.6. The Balaban J connectivity index is 1.47. The molecule has 3 aromatic rings. The lowest BCUT2D eigenvalue weighted by Gasteiger charge is -2.28. The third-order valence-corrected chi connectivity index (χ3v) is 5.70. The van der Waals surface area contributed by atoms with Gasteiger partial charge in [0.1, 0.15) is 11.6 Å². The highest BCUT2D eigenvalue weighted by Gasteiger charge is 2.26. The van der Waals surface area contributed by atoms with Crippen LogP contribution in [0.3, 0.4) is 0 Å². The van der Waals surface area contributed by atoms with Crippen LogP contribution in [0, 0.1) is 6.92 Å². The van der Waals surface area contributed by atoms with Crippen LogP contribution in [0.1, 0.15) is 54.6 Å². The molecule has 0 atom stereocenters. The fourth-order valence-electron chi connectivity index (χ4n) is 4.23. The molecule has 0 spiro atoms. The largest absolute Gasteiger partial charge is 0.291 e. The molecule has 1 aliphatic carbocycles. The third kappa shape index (κ3) is 2.93. The molecule has 1 saturated carbocycles. The molecule has 0 saturated heterocycles. The van der Waals surface area contributed by atoms with Gasteiger partial charge in [-0.05, 0) is 19.8 Å². The number of fused-ring (bicyclic) bond motifs is 2. The fraction of sp³-hybridized carbons (Fsp3) is 0.526. The monoisotopic (exact) mass is 365 g/mol. The number of imidazole rings is 1. The van der Waals surface area contributed by atoms with Gasteiger partial charge >= 0.3 is 0 Å². The average Bonchev–Trinajstić information content (AvgIpc) is 3.33. The zero-order valence-corrected chi connectivity index (χ0v) is 15.5. The SMILES string of the molecule is Cc1cnc(CN2CCn3c(nn4c(C5CCCC5)ncc4c3=O)C2)cn1. The van der Waals surface area contributed by atoms with E-state index in [-0.39, 0.29) is 5.56 Å². The Morgan fingerprint density at radius 2 is 1.93 bits per heavy atom. The van der Waals surface area contributed by atoms with E-state index in [1.165, 1.54) is 12.8 Å². The van der Waals surface area contributed by atoms with E-state index in [9.17, 15) is 4.79 Å². The lowest BCUT2D eigenvalue weighted by molar-refractivity contribution is 0.199. The molecule has 4 heterocycles. The van der Waals surface area contributed by atoms with Gasteiger partial charge in [0.2, 0.25) is 0 Å². The molecule has 2 aliphatic rings. The third-order valence-electron chi connectivity index (χ3n) is 5.70. The van der Waals surface area contributed by atoms with Crippen molar-refractivity contribution < 1.29 is 0 Å². The number of hydrogen-bond donors (Lipinski definition) is 0. The molecule has 3 aromatic heterocycles. The van der Waals surface area contributed by atoms with Gasteiger partial charge in [0, 0.05) is 37.9 Å². The van der Waals surface area contributed by atoms with E-state index in [1.54, 1.807) is 21.5 Å². The summed E-state index contributed by atoms with van der Waals surface area (Å²) in [6.45, 7) is 4.71. The minimum absolute atomic E-state index is 0.0199. The van der Waals surface area contributed by atoms with Crippen LogP contribution >= 0.6 is 0 Å². The maximum absolute atomic E-state index is 12.9. The van der Waals surface area contributed by atoms with Gasteiger partial charge in [0.15, 0.2) is 5.52 Å². The van der Waals surface area contributed by atoms with Gasteiger partial charge in [0.05, 0.1) is 24.1 Å². The Labute approximate surface area is 156 Å². The summed E-state index contributed by atoms with van der Waals surface area (Å²) in [7, 11) is 0. The van der Waals surface area contributed by atoms with Crippen LogP contribution in [-0.4, -0.2) is 40.6 Å². The normalized spacial score (nSPS) is 18.3. The lowest BCUT2D eigenvalue weighted by atomic mass is 10.1. The number of rotatable bonds is 3. The first-order valence-corrected chi connectivity index (χ1v) is 9.66. The molecule has 8 heteroatoms. The number of aromatic nitrogens is 6. The van der Waals surface area contributed by atoms with Gasteiger partial charge in [0.25, 0.3) is 5.56 Å². The number of aryl methyl sites for hydroxylation is 1. The Morgan fingerprint density at radius 1 is 1.07 bits per heavy atom. The molecule has 27 heavy (non-hydrogen) atoms. The van der Waals surface area contributed by atoms with Crippen LogP contribution < -0.4 is 5.56 Å². The molecule has 0 unspecified atom stereocenters. The Kier molecular flexibility index (Phi) is 4.00. The van der Waals surface area contributed by atoms with Crippen LogP contribution in [0.5, 0.6) is 0 Å². The molecule has 5 rings (SSSR count). The minimum Gasteiger partial charge on any atom is -0.291 e. The summed E-state index contributed by atoms with van der Waals surface area (Å²) in [5.74, 6) is 2.17. The summed E-state index contributed by atoms with van der Waals surface area (Å²) in [4.78, 5) is 28.5. The van der Waals surface area contributed by atoms with Crippen LogP contribution in [0.15, 0.2) is 23.4 Å². The zero-order chi connectivity index (χ0) is 18.4. The second-order valence-corrected chi connectivity index (χ2v) is 7.63. The Bertz CT molecular complexity index is 1030. The summed E-state index contributed by atoms with van der Waals surface area (Å²) in [5.41, 5.74) is 2.47. The van der Waals surface area contributed by atoms with Gasteiger partial charge < -0.3 is 0 Å². The zero-order valence-electron chi connectivity index (χ0n) is 15.5. The van der Waals surface area contributed by atoms with E-state index in [0.717, 1.165) is 42.4 Å². The van der Waals surface area contributed by atoms with Crippen molar-refractivity contribution in [2.24, 2.45) is 0 Å². The van der Waals surface area contributed by atoms with Gasteiger partial charge in [-0.15, -0.1) is 0 Å². The average molecular weight is 365 g/mol. The van der Waals surface area contributed by atoms with Crippen molar-refractivity contribution >= 4 is 5.52 Å². The van der Waals surface area contributed by atoms with Crippen LogP contribution in [0.25, 0.3) is 5.52 Å². The minimum atomic E-state index is 0.0199. The molecule has 0 aromatic carbocycles. The molecular formula is C19H23N7O. The maximum atomic E-state index is 12.9. The number of nitrogens with zero attached hydrogens (tertiary/aromatic N) is 7. The molecule has 1 fully saturated rings. The molecule has 0 amide bonds. The highest BCUT2D eigenvalue weighted by molar-refractivity contribution is 5.43. The van der Waals surface area contributed by atoms with E-state index in [4.69, 9.17) is 5.10 Å². The van der Waals surface area contributed by atoms with E-state index >= 15 is 0 Å². The smallest absolute Gasteiger partial charge is 0.279 e. The van der Waals surface area contributed by atoms with Gasteiger partial charge in [-0.2, -0.15) is 5.10 Å². The number of hydrogen-bond acceptors (Lipinski definition) is 6. The molecule has 0 N–H and O–H groups in total. The van der Waals surface area contributed by atoms with Crippen molar-refractivity contribution in [3.05, 3.63) is 52.0 Å². The topological polar surface area (TPSA) is 81.2 Å². The first-order chi connectivity index (χ1) is 13.2. The van der Waals surface area contributed by atoms with E-state index in [2.05, 4.69) is 19.9 Å². The predicted octanol–water partition coefficient (Wildman–Crippen LogP) is 1.66. The molecule has 0 radical (unpaired) electrons. The molecular weight excluding hydrogens is 342 g/mol. The van der Waals surface area contributed by atoms with Gasteiger partial charge in [-0.1, -0.05) is 12.8 Å². The fourth-order valence-corrected chi connectivity index (χ4v) is 4.23. The highest BCUT2D eigenvalue weighted by atomic mass is 16.1. The molecule has 140 valence electrons. The summed E-state index contributed by atoms with van der Waals surface area (Å²) in [6, 6.07) is 0. The Morgan fingerprint density at radius 3 is 2.70 bits per heavy atom. The summed E-state index contributed by atoms with van der Waals surface area (Å²) >= 11 is 0. The van der Waals surface area contributed by atoms with Crippen molar-refractivity contribution in [2.75, 3.05) is 6.54 Å². The summed E-state index contributed by atoms with van der Waals surface area (Å²) in [5, 5.41) is 4.83. The second-order valence-electron chi connectivity index (χ2n) is 7.63. The van der Waals surface area contributed by atoms with Crippen molar-refractivity contribution in [2.45, 2.75) is 58.2 Å². The second kappa shape index (κ2) is 6.53. The lowest BCUT2D eigenvalue weighted by Crippen LogP contribution is -2.40. The quantitative estimate of drug-likeness (QED) is 0.702. The molecule has 8 nitrogen and oxygen atoms in total. The van der Waals surface area contributed by atoms with E-state index in [1.807, 2.05) is 13.1 Å². The van der Waals surface area contributed by atoms with Crippen molar-refractivity contribution in [3.8, 4) is 0 Å². The first-order valence-electron chi connectivity index (χ1n) is 9.66. The van der Waals surface area contributed by atoms with E-state index < -0.39 is 0 Å². The van der Waals surface area contributed by atoms with Gasteiger partial charge in [-0.25, -0.2) is 9.50 Å². The molecule has 0 bridgehead atoms. The van der Waals surface area contributed by atoms with Gasteiger partial charge in [-0.3, -0.25) is 24.2 Å². The van der Waals surface area contributed by atoms with Crippen LogP contribution in [0.4, 0.5) is 0 Å². The van der Waals surface area contributed by atoms with E-state index in [0.29, 0.717) is 31.1 Å². The Hall–Kier alpha value is -2.61. The molecule has 1 aliphatic heterocycles. The highest BCUT2D eigenvalue weighted by Crippen LogP contribution is 2.33. The van der Waals surface area contributed by atoms with Crippen molar-refractivity contribution in [1.82, 2.24) is 34.0 Å². The summed E-state index contributed by atoms with van der Waals surface area (Å²) in [6.07, 6.45) is 10.0. The predicted molar refractivity (Wildman–Crippen MR) is 99.3 cm³/mol. The maximum Gasteiger partial charge on any atom is 0.279 e. The summed E-state index contributed by atoms with van der Waals surface area (Å²) < 4.78 is 3.60. The van der Waals surface area contributed by atoms with Crippen molar-refractivity contribution in [3.63, 3.8) is 0 Å². The van der Waals surface area contributed by atoms with Crippen LogP contribution in [0.2, 0.25) is 0 Å². The van der Waals surface area contributed by atoms with Crippen LogP contribution in [-0.2, 0) is 19.6 Å².